The van der Waals surface area contributed by atoms with Crippen molar-refractivity contribution < 1.29 is 27.8 Å². The fourth-order valence-electron chi connectivity index (χ4n) is 3.53. The second-order valence-electron chi connectivity index (χ2n) is 7.24. The lowest BCUT2D eigenvalue weighted by atomic mass is 9.97. The number of hydrogen-bond donors (Lipinski definition) is 3. The van der Waals surface area contributed by atoms with Gasteiger partial charge in [0.25, 0.3) is 5.91 Å². The SMILES string of the molecule is COc1ccc([C@@H]2C[C@@H](C(F)(F)F)n3nc(C(=O)Nc4cc(Cl)ccc4O)cc3N2)cc1. The van der Waals surface area contributed by atoms with Gasteiger partial charge >= 0.3 is 6.18 Å². The third kappa shape index (κ3) is 4.31. The average molecular weight is 467 g/mol. The van der Waals surface area contributed by atoms with Gasteiger partial charge in [-0.3, -0.25) is 4.79 Å². The number of amides is 1. The molecule has 1 aliphatic rings. The first-order valence-corrected chi connectivity index (χ1v) is 9.90. The lowest BCUT2D eigenvalue weighted by Gasteiger charge is -2.33. The molecule has 1 aliphatic heterocycles. The largest absolute Gasteiger partial charge is 0.506 e. The van der Waals surface area contributed by atoms with E-state index in [4.69, 9.17) is 16.3 Å². The molecule has 1 aromatic heterocycles. The van der Waals surface area contributed by atoms with Crippen LogP contribution in [0.5, 0.6) is 11.5 Å². The number of nitrogens with zero attached hydrogens (tertiary/aromatic N) is 2. The van der Waals surface area contributed by atoms with Gasteiger partial charge in [-0.05, 0) is 35.9 Å². The molecule has 0 aliphatic carbocycles. The number of aromatic hydroxyl groups is 1. The van der Waals surface area contributed by atoms with E-state index in [9.17, 15) is 23.1 Å². The number of fused-ring (bicyclic) bond motifs is 1. The molecule has 2 atom stereocenters. The fraction of sp³-hybridized carbons (Fsp3) is 0.238. The monoisotopic (exact) mass is 466 g/mol. The van der Waals surface area contributed by atoms with Crippen molar-refractivity contribution >= 4 is 29.0 Å². The van der Waals surface area contributed by atoms with E-state index in [1.165, 1.54) is 31.4 Å². The van der Waals surface area contributed by atoms with Crippen LogP contribution in [-0.4, -0.2) is 34.1 Å². The number of halogens is 4. The van der Waals surface area contributed by atoms with Gasteiger partial charge in [0.05, 0.1) is 18.8 Å². The van der Waals surface area contributed by atoms with E-state index in [2.05, 4.69) is 15.7 Å². The van der Waals surface area contributed by atoms with Crippen LogP contribution in [0.2, 0.25) is 5.02 Å². The van der Waals surface area contributed by atoms with Crippen LogP contribution in [0.3, 0.4) is 0 Å². The topological polar surface area (TPSA) is 88.4 Å². The van der Waals surface area contributed by atoms with Gasteiger partial charge in [-0.2, -0.15) is 18.3 Å². The van der Waals surface area contributed by atoms with Crippen molar-refractivity contribution in [3.63, 3.8) is 0 Å². The second-order valence-corrected chi connectivity index (χ2v) is 7.67. The van der Waals surface area contributed by atoms with E-state index in [1.54, 1.807) is 24.3 Å². The standard InChI is InChI=1S/C21H18ClF3N4O3/c1-32-13-5-2-11(3-6-13)14-9-18(21(23,24)25)29-19(26-14)10-16(28-29)20(31)27-15-8-12(22)4-7-17(15)30/h2-8,10,14,18,26,30H,9H2,1H3,(H,27,31)/t14-,18-/m0/s1. The number of carbonyl (C=O) groups excluding carboxylic acids is 1. The summed E-state index contributed by atoms with van der Waals surface area (Å²) in [5.74, 6) is -0.379. The Morgan fingerprint density at radius 2 is 1.97 bits per heavy atom. The van der Waals surface area contributed by atoms with E-state index in [0.29, 0.717) is 11.3 Å². The number of alkyl halides is 3. The second kappa shape index (κ2) is 8.27. The van der Waals surface area contributed by atoms with Crippen molar-refractivity contribution in [1.82, 2.24) is 9.78 Å². The molecule has 168 valence electrons. The van der Waals surface area contributed by atoms with Gasteiger partial charge < -0.3 is 20.5 Å². The van der Waals surface area contributed by atoms with Crippen molar-refractivity contribution in [2.75, 3.05) is 17.7 Å². The number of methoxy groups -OCH3 is 1. The number of phenolic OH excluding ortho intramolecular Hbond substituents is 1. The van der Waals surface area contributed by atoms with E-state index in [1.807, 2.05) is 0 Å². The summed E-state index contributed by atoms with van der Waals surface area (Å²) in [5.41, 5.74) is 0.420. The van der Waals surface area contributed by atoms with Gasteiger partial charge in [-0.1, -0.05) is 23.7 Å². The summed E-state index contributed by atoms with van der Waals surface area (Å²) in [6.07, 6.45) is -4.88. The highest BCUT2D eigenvalue weighted by Crippen LogP contribution is 2.44. The maximum atomic E-state index is 13.8. The molecule has 2 heterocycles. The minimum atomic E-state index is -4.58. The highest BCUT2D eigenvalue weighted by molar-refractivity contribution is 6.31. The molecule has 7 nitrogen and oxygen atoms in total. The number of nitrogens with one attached hydrogen (secondary N) is 2. The summed E-state index contributed by atoms with van der Waals surface area (Å²) in [5, 5.41) is 19.5. The molecule has 0 radical (unpaired) electrons. The minimum absolute atomic E-state index is 0.0184. The van der Waals surface area contributed by atoms with Gasteiger partial charge in [0.15, 0.2) is 11.7 Å². The molecular weight excluding hydrogens is 449 g/mol. The Morgan fingerprint density at radius 3 is 2.62 bits per heavy atom. The van der Waals surface area contributed by atoms with Crippen LogP contribution >= 0.6 is 11.6 Å². The van der Waals surface area contributed by atoms with Gasteiger partial charge in [0.1, 0.15) is 17.3 Å². The van der Waals surface area contributed by atoms with Gasteiger partial charge in [0.2, 0.25) is 0 Å². The predicted octanol–water partition coefficient (Wildman–Crippen LogP) is 5.16. The van der Waals surface area contributed by atoms with Crippen LogP contribution in [0.4, 0.5) is 24.7 Å². The maximum absolute atomic E-state index is 13.8. The third-order valence-electron chi connectivity index (χ3n) is 5.15. The fourth-order valence-corrected chi connectivity index (χ4v) is 3.71. The smallest absolute Gasteiger partial charge is 0.410 e. The van der Waals surface area contributed by atoms with Crippen LogP contribution < -0.4 is 15.4 Å². The quantitative estimate of drug-likeness (QED) is 0.462. The Labute approximate surface area is 185 Å². The number of carbonyl (C=O) groups is 1. The first kappa shape index (κ1) is 21.8. The van der Waals surface area contributed by atoms with Crippen molar-refractivity contribution in [2.45, 2.75) is 24.7 Å². The summed E-state index contributed by atoms with van der Waals surface area (Å²) in [4.78, 5) is 12.6. The molecule has 0 saturated carbocycles. The van der Waals surface area contributed by atoms with Crippen LogP contribution in [-0.2, 0) is 0 Å². The molecule has 0 fully saturated rings. The number of aromatic nitrogens is 2. The molecule has 32 heavy (non-hydrogen) atoms. The molecule has 3 N–H and O–H groups in total. The summed E-state index contributed by atoms with van der Waals surface area (Å²) < 4.78 is 47.3. The molecule has 0 bridgehead atoms. The predicted molar refractivity (Wildman–Crippen MR) is 112 cm³/mol. The molecule has 2 aromatic carbocycles. The normalized spacial score (nSPS) is 17.9. The number of hydrogen-bond acceptors (Lipinski definition) is 5. The minimum Gasteiger partial charge on any atom is -0.506 e. The van der Waals surface area contributed by atoms with E-state index >= 15 is 0 Å². The average Bonchev–Trinajstić information content (AvgIpc) is 3.19. The zero-order valence-electron chi connectivity index (χ0n) is 16.7. The van der Waals surface area contributed by atoms with Crippen molar-refractivity contribution in [3.05, 3.63) is 64.8 Å². The summed E-state index contributed by atoms with van der Waals surface area (Å²) >= 11 is 5.87. The molecule has 11 heteroatoms. The van der Waals surface area contributed by atoms with Gasteiger partial charge in [0, 0.05) is 17.5 Å². The highest BCUT2D eigenvalue weighted by atomic mass is 35.5. The Balaban J connectivity index is 1.64. The highest BCUT2D eigenvalue weighted by Gasteiger charge is 2.46. The molecule has 1 amide bonds. The lowest BCUT2D eigenvalue weighted by Crippen LogP contribution is -2.35. The Hall–Kier alpha value is -3.40. The number of benzene rings is 2. The van der Waals surface area contributed by atoms with Crippen molar-refractivity contribution in [1.29, 1.82) is 0 Å². The molecule has 0 unspecified atom stereocenters. The van der Waals surface area contributed by atoms with Crippen molar-refractivity contribution in [3.8, 4) is 11.5 Å². The zero-order valence-corrected chi connectivity index (χ0v) is 17.4. The van der Waals surface area contributed by atoms with Crippen LogP contribution in [0.15, 0.2) is 48.5 Å². The molecular formula is C21H18ClF3N4O3. The van der Waals surface area contributed by atoms with E-state index < -0.39 is 24.2 Å². The first-order valence-electron chi connectivity index (χ1n) is 9.52. The number of phenols is 1. The third-order valence-corrected chi connectivity index (χ3v) is 5.38. The summed E-state index contributed by atoms with van der Waals surface area (Å²) in [6, 6.07) is 9.42. The van der Waals surface area contributed by atoms with Gasteiger partial charge in [-0.15, -0.1) is 0 Å². The Morgan fingerprint density at radius 1 is 1.25 bits per heavy atom. The van der Waals surface area contributed by atoms with Crippen LogP contribution in [0.25, 0.3) is 0 Å². The van der Waals surface area contributed by atoms with Crippen molar-refractivity contribution in [2.24, 2.45) is 0 Å². The lowest BCUT2D eigenvalue weighted by molar-refractivity contribution is -0.173. The van der Waals surface area contributed by atoms with Crippen LogP contribution in [0.1, 0.15) is 34.6 Å². The van der Waals surface area contributed by atoms with Crippen LogP contribution in [0, 0.1) is 0 Å². The molecule has 3 aromatic rings. The molecule has 0 spiro atoms. The first-order chi connectivity index (χ1) is 15.2. The molecule has 4 rings (SSSR count). The number of ether oxygens (including phenoxy) is 1. The Bertz CT molecular complexity index is 1150. The number of rotatable bonds is 4. The van der Waals surface area contributed by atoms with E-state index in [-0.39, 0.29) is 34.4 Å². The van der Waals surface area contributed by atoms with Gasteiger partial charge in [-0.25, -0.2) is 4.68 Å². The Kier molecular flexibility index (Phi) is 5.64. The number of anilines is 2. The summed E-state index contributed by atoms with van der Waals surface area (Å²) in [7, 11) is 1.50. The summed E-state index contributed by atoms with van der Waals surface area (Å²) in [6.45, 7) is 0. The maximum Gasteiger partial charge on any atom is 0.410 e. The molecule has 0 saturated heterocycles. The van der Waals surface area contributed by atoms with E-state index in [0.717, 1.165) is 4.68 Å². The zero-order chi connectivity index (χ0) is 23.0.